The molecule has 4 amide bonds. The van der Waals surface area contributed by atoms with Gasteiger partial charge >= 0.3 is 6.18 Å². The van der Waals surface area contributed by atoms with Gasteiger partial charge < -0.3 is 19.7 Å². The molecule has 0 aliphatic carbocycles. The number of pyridine rings is 2. The van der Waals surface area contributed by atoms with Crippen LogP contribution in [0.3, 0.4) is 0 Å². The second-order valence-electron chi connectivity index (χ2n) is 16.1. The molecule has 8 rings (SSSR count). The van der Waals surface area contributed by atoms with Crippen molar-refractivity contribution < 1.29 is 32.3 Å². The maximum Gasteiger partial charge on any atom is 0.417 e. The summed E-state index contributed by atoms with van der Waals surface area (Å²) in [6, 6.07) is 15.9. The number of hydrogen-bond donors (Lipinski definition) is 2. The molecule has 0 radical (unpaired) electrons. The van der Waals surface area contributed by atoms with Crippen LogP contribution in [0.2, 0.25) is 0 Å². The molecule has 14 heteroatoms. The Morgan fingerprint density at radius 1 is 1.00 bits per heavy atom. The highest BCUT2D eigenvalue weighted by Crippen LogP contribution is 2.45. The van der Waals surface area contributed by atoms with Crippen molar-refractivity contribution >= 4 is 45.9 Å². The maximum atomic E-state index is 14.9. The van der Waals surface area contributed by atoms with E-state index in [0.29, 0.717) is 47.3 Å². The number of nitrogens with zero attached hydrogens (tertiary/aromatic N) is 4. The van der Waals surface area contributed by atoms with E-state index < -0.39 is 29.6 Å². The number of piperidine rings is 1. The molecule has 5 heterocycles. The maximum absolute atomic E-state index is 14.9. The van der Waals surface area contributed by atoms with Gasteiger partial charge in [-0.2, -0.15) is 13.2 Å². The van der Waals surface area contributed by atoms with E-state index in [1.807, 2.05) is 36.9 Å². The Kier molecular flexibility index (Phi) is 10.8. The molecular weight excluding hydrogens is 786 g/mol. The number of rotatable bonds is 7. The number of carbonyl (C=O) groups is 4. The Balaban J connectivity index is 0.986. The van der Waals surface area contributed by atoms with E-state index in [0.717, 1.165) is 27.7 Å². The average Bonchev–Trinajstić information content (AvgIpc) is 3.57. The van der Waals surface area contributed by atoms with Gasteiger partial charge in [-0.25, -0.2) is 0 Å². The minimum absolute atomic E-state index is 0.0313. The Morgan fingerprint density at radius 2 is 1.80 bits per heavy atom. The zero-order valence-corrected chi connectivity index (χ0v) is 34.1. The van der Waals surface area contributed by atoms with E-state index in [1.165, 1.54) is 29.3 Å². The summed E-state index contributed by atoms with van der Waals surface area (Å²) >= 11 is 0. The number of amides is 4. The van der Waals surface area contributed by atoms with Gasteiger partial charge in [0.15, 0.2) is 0 Å². The van der Waals surface area contributed by atoms with E-state index in [9.17, 15) is 37.1 Å². The van der Waals surface area contributed by atoms with E-state index in [4.69, 9.17) is 0 Å². The molecule has 5 aromatic rings. The van der Waals surface area contributed by atoms with Gasteiger partial charge in [-0.05, 0) is 103 Å². The first-order valence-corrected chi connectivity index (χ1v) is 20.3. The van der Waals surface area contributed by atoms with Crippen LogP contribution in [-0.2, 0) is 35.8 Å². The monoisotopic (exact) mass is 828 g/mol. The molecule has 1 unspecified atom stereocenters. The number of benzene rings is 3. The van der Waals surface area contributed by atoms with Crippen LogP contribution in [0.15, 0.2) is 71.7 Å². The highest BCUT2D eigenvalue weighted by molar-refractivity contribution is 6.05. The third-order valence-electron chi connectivity index (χ3n) is 11.8. The van der Waals surface area contributed by atoms with Gasteiger partial charge in [-0.15, -0.1) is 0 Å². The second-order valence-corrected chi connectivity index (χ2v) is 16.1. The highest BCUT2D eigenvalue weighted by atomic mass is 19.4. The molecule has 61 heavy (non-hydrogen) atoms. The van der Waals surface area contributed by atoms with Crippen LogP contribution < -0.4 is 21.1 Å². The van der Waals surface area contributed by atoms with Gasteiger partial charge in [0.2, 0.25) is 11.8 Å². The first-order chi connectivity index (χ1) is 29.1. The van der Waals surface area contributed by atoms with Gasteiger partial charge in [0, 0.05) is 79.0 Å². The molecule has 2 aromatic heterocycles. The van der Waals surface area contributed by atoms with Crippen LogP contribution in [0.25, 0.3) is 22.0 Å². The molecule has 1 fully saturated rings. The predicted octanol–water partition coefficient (Wildman–Crippen LogP) is 7.07. The Morgan fingerprint density at radius 3 is 2.52 bits per heavy atom. The van der Waals surface area contributed by atoms with Gasteiger partial charge in [-0.1, -0.05) is 37.8 Å². The fraction of sp³-hybridized carbons (Fsp3) is 0.319. The molecule has 2 N–H and O–H groups in total. The lowest BCUT2D eigenvalue weighted by Gasteiger charge is -2.34. The smallest absolute Gasteiger partial charge is 0.350 e. The number of carbonyl (C=O) groups excluding carboxylic acids is 4. The molecular formula is C47H43F3N6O5. The van der Waals surface area contributed by atoms with Gasteiger partial charge in [0.25, 0.3) is 17.4 Å². The molecule has 312 valence electrons. The number of imide groups is 1. The standard InChI is InChI=1S/C47H43F3N6O5/c1-26(2)31-21-40-34(19-27(3)45(60)54(40)4)41(22-31)55-18-8-11-29-20-33(36(23-39(29)55)47(48,49)50)30-13-14-37(52-24-30)43(58)51-17-6-5-9-28-10-7-12-32-35(28)25-56(46(32)61)38-15-16-42(57)53-44(38)59/h7,10,12-14,19-24,26,38H,6,8,11,15-18,25H2,1-4H3,(H,51,58)(H,53,57,59). The summed E-state index contributed by atoms with van der Waals surface area (Å²) in [7, 11) is 1.72. The number of hydrogen-bond acceptors (Lipinski definition) is 7. The third kappa shape index (κ3) is 7.76. The third-order valence-corrected chi connectivity index (χ3v) is 11.8. The quantitative estimate of drug-likeness (QED) is 0.102. The summed E-state index contributed by atoms with van der Waals surface area (Å²) in [5.41, 5.74) is 5.24. The van der Waals surface area contributed by atoms with Crippen molar-refractivity contribution in [1.29, 1.82) is 0 Å². The van der Waals surface area contributed by atoms with E-state index in [1.54, 1.807) is 42.8 Å². The second kappa shape index (κ2) is 16.0. The molecule has 0 bridgehead atoms. The zero-order chi connectivity index (χ0) is 43.3. The SMILES string of the molecule is Cc1cc2c(N3CCCc4cc(-c5ccc(C(=O)NCCC#Cc6cccc7c6CN(C6CCC(=O)NC6=O)C7=O)nc5)c(C(F)(F)F)cc43)cc(C(C)C)cc2n(C)c1=O. The highest BCUT2D eigenvalue weighted by Gasteiger charge is 2.40. The number of nitrogens with one attached hydrogen (secondary N) is 2. The number of aryl methyl sites for hydroxylation is 3. The van der Waals surface area contributed by atoms with E-state index >= 15 is 0 Å². The fourth-order valence-electron chi connectivity index (χ4n) is 8.51. The van der Waals surface area contributed by atoms with Crippen molar-refractivity contribution in [2.24, 2.45) is 7.05 Å². The van der Waals surface area contributed by atoms with Crippen molar-refractivity contribution in [3.8, 4) is 23.0 Å². The summed E-state index contributed by atoms with van der Waals surface area (Å²) in [5.74, 6) is 4.52. The largest absolute Gasteiger partial charge is 0.417 e. The Labute approximate surface area is 350 Å². The molecule has 3 aliphatic heterocycles. The predicted molar refractivity (Wildman–Crippen MR) is 224 cm³/mol. The molecule has 1 atom stereocenters. The van der Waals surface area contributed by atoms with Crippen LogP contribution in [0.4, 0.5) is 24.5 Å². The van der Waals surface area contributed by atoms with Gasteiger partial charge in [-0.3, -0.25) is 34.3 Å². The lowest BCUT2D eigenvalue weighted by molar-refractivity contribution is -0.138. The first-order valence-electron chi connectivity index (χ1n) is 20.3. The minimum atomic E-state index is -4.70. The lowest BCUT2D eigenvalue weighted by Crippen LogP contribution is -2.52. The van der Waals surface area contributed by atoms with Crippen molar-refractivity contribution in [2.45, 2.75) is 77.6 Å². The van der Waals surface area contributed by atoms with Crippen LogP contribution in [0.5, 0.6) is 0 Å². The summed E-state index contributed by atoms with van der Waals surface area (Å²) in [4.78, 5) is 70.8. The summed E-state index contributed by atoms with van der Waals surface area (Å²) in [5, 5.41) is 5.83. The number of aromatic nitrogens is 2. The minimum Gasteiger partial charge on any atom is -0.350 e. The van der Waals surface area contributed by atoms with Gasteiger partial charge in [0.1, 0.15) is 11.7 Å². The topological polar surface area (TPSA) is 134 Å². The molecule has 1 saturated heterocycles. The Bertz CT molecular complexity index is 2780. The molecule has 3 aliphatic rings. The molecule has 3 aromatic carbocycles. The number of fused-ring (bicyclic) bond motifs is 3. The molecule has 0 saturated carbocycles. The van der Waals surface area contributed by atoms with Crippen molar-refractivity contribution in [3.05, 3.63) is 122 Å². The van der Waals surface area contributed by atoms with Gasteiger partial charge in [0.05, 0.1) is 16.8 Å². The number of halogens is 3. The van der Waals surface area contributed by atoms with Crippen LogP contribution in [-0.4, -0.2) is 57.2 Å². The van der Waals surface area contributed by atoms with Crippen molar-refractivity contribution in [2.75, 3.05) is 18.0 Å². The molecule has 0 spiro atoms. The summed E-state index contributed by atoms with van der Waals surface area (Å²) in [6.07, 6.45) is -1.48. The van der Waals surface area contributed by atoms with E-state index in [2.05, 4.69) is 27.5 Å². The van der Waals surface area contributed by atoms with E-state index in [-0.39, 0.29) is 72.5 Å². The first kappa shape index (κ1) is 41.0. The number of anilines is 2. The fourth-order valence-corrected chi connectivity index (χ4v) is 8.51. The number of alkyl halides is 3. The molecule has 11 nitrogen and oxygen atoms in total. The normalized spacial score (nSPS) is 16.3. The lowest BCUT2D eigenvalue weighted by atomic mass is 9.91. The summed E-state index contributed by atoms with van der Waals surface area (Å²) < 4.78 is 46.4. The Hall–Kier alpha value is -6.75. The zero-order valence-electron chi connectivity index (χ0n) is 34.1. The average molecular weight is 829 g/mol. The van der Waals surface area contributed by atoms with Crippen LogP contribution in [0.1, 0.15) is 99.7 Å². The van der Waals surface area contributed by atoms with Crippen molar-refractivity contribution in [3.63, 3.8) is 0 Å². The van der Waals surface area contributed by atoms with Crippen LogP contribution in [0, 0.1) is 18.8 Å². The summed E-state index contributed by atoms with van der Waals surface area (Å²) in [6.45, 7) is 6.67. The van der Waals surface area contributed by atoms with Crippen molar-refractivity contribution in [1.82, 2.24) is 25.1 Å². The van der Waals surface area contributed by atoms with Crippen LogP contribution >= 0.6 is 0 Å².